The van der Waals surface area contributed by atoms with Crippen LogP contribution < -0.4 is 5.32 Å². The minimum absolute atomic E-state index is 0.107. The number of aliphatic carboxylic acids is 1. The van der Waals surface area contributed by atoms with E-state index in [0.717, 1.165) is 6.08 Å². The van der Waals surface area contributed by atoms with Crippen molar-refractivity contribution in [2.45, 2.75) is 20.0 Å². The molecule has 12 heavy (non-hydrogen) atoms. The van der Waals surface area contributed by atoms with E-state index in [1.807, 2.05) is 13.8 Å². The van der Waals surface area contributed by atoms with Crippen molar-refractivity contribution in [2.24, 2.45) is 0 Å². The smallest absolute Gasteiger partial charge is 0.330 e. The molecule has 0 aliphatic carbocycles. The second-order valence-electron chi connectivity index (χ2n) is 2.62. The van der Waals surface area contributed by atoms with Gasteiger partial charge in [0.05, 0.1) is 12.7 Å². The number of nitrogens with one attached hydrogen (secondary N) is 1. The highest BCUT2D eigenvalue weighted by Crippen LogP contribution is 1.94. The van der Waals surface area contributed by atoms with Crippen molar-refractivity contribution in [1.82, 2.24) is 5.32 Å². The van der Waals surface area contributed by atoms with Crippen LogP contribution >= 0.6 is 0 Å². The largest absolute Gasteiger partial charge is 0.478 e. The van der Waals surface area contributed by atoms with E-state index in [-0.39, 0.29) is 6.10 Å². The van der Waals surface area contributed by atoms with Gasteiger partial charge in [0.25, 0.3) is 0 Å². The second-order valence-corrected chi connectivity index (χ2v) is 2.62. The molecule has 0 aliphatic heterocycles. The molecule has 0 spiro atoms. The van der Waals surface area contributed by atoms with Crippen molar-refractivity contribution in [2.75, 3.05) is 13.7 Å². The maximum Gasteiger partial charge on any atom is 0.330 e. The van der Waals surface area contributed by atoms with Gasteiger partial charge in [0.1, 0.15) is 0 Å². The summed E-state index contributed by atoms with van der Waals surface area (Å²) in [5.74, 6) is -0.966. The molecule has 0 atom stereocenters. The molecule has 0 fully saturated rings. The van der Waals surface area contributed by atoms with Crippen molar-refractivity contribution in [3.8, 4) is 0 Å². The molecule has 0 heterocycles. The molecule has 0 radical (unpaired) electrons. The van der Waals surface area contributed by atoms with Crippen molar-refractivity contribution in [3.63, 3.8) is 0 Å². The Morgan fingerprint density at radius 3 is 2.58 bits per heavy atom. The average molecular weight is 173 g/mol. The number of hydrogen-bond acceptors (Lipinski definition) is 3. The monoisotopic (exact) mass is 173 g/mol. The lowest BCUT2D eigenvalue weighted by atomic mass is 10.4. The normalized spacial score (nSPS) is 11.8. The third-order valence-corrected chi connectivity index (χ3v) is 1.19. The number of ether oxygens (including phenoxy) is 1. The number of carboxylic acids is 1. The third kappa shape index (κ3) is 5.73. The Kier molecular flexibility index (Phi) is 5.12. The van der Waals surface area contributed by atoms with Gasteiger partial charge in [-0.25, -0.2) is 4.79 Å². The topological polar surface area (TPSA) is 58.6 Å². The summed E-state index contributed by atoms with van der Waals surface area (Å²) in [6, 6.07) is 0. The summed E-state index contributed by atoms with van der Waals surface area (Å²) in [5, 5.41) is 11.2. The molecule has 4 nitrogen and oxygen atoms in total. The van der Waals surface area contributed by atoms with E-state index in [1.165, 1.54) is 0 Å². The summed E-state index contributed by atoms with van der Waals surface area (Å²) in [7, 11) is 1.67. The molecule has 0 rings (SSSR count). The van der Waals surface area contributed by atoms with Gasteiger partial charge in [0.2, 0.25) is 0 Å². The van der Waals surface area contributed by atoms with Crippen LogP contribution in [0.25, 0.3) is 0 Å². The molecule has 0 bridgehead atoms. The molecule has 0 aliphatic rings. The highest BCUT2D eigenvalue weighted by molar-refractivity contribution is 5.80. The predicted molar refractivity (Wildman–Crippen MR) is 45.9 cm³/mol. The Bertz CT molecular complexity index is 175. The van der Waals surface area contributed by atoms with E-state index in [9.17, 15) is 4.79 Å². The Morgan fingerprint density at radius 2 is 2.25 bits per heavy atom. The van der Waals surface area contributed by atoms with Crippen LogP contribution in [-0.4, -0.2) is 30.8 Å². The molecule has 0 amide bonds. The van der Waals surface area contributed by atoms with E-state index in [1.54, 1.807) is 7.05 Å². The van der Waals surface area contributed by atoms with Crippen LogP contribution in [0.2, 0.25) is 0 Å². The fourth-order valence-electron chi connectivity index (χ4n) is 0.591. The third-order valence-electron chi connectivity index (χ3n) is 1.19. The van der Waals surface area contributed by atoms with E-state index in [0.29, 0.717) is 12.3 Å². The molecular weight excluding hydrogens is 158 g/mol. The average Bonchev–Trinajstić information content (AvgIpc) is 1.97. The molecule has 0 saturated carbocycles. The summed E-state index contributed by atoms with van der Waals surface area (Å²) in [6.07, 6.45) is 1.21. The minimum Gasteiger partial charge on any atom is -0.478 e. The molecule has 4 heteroatoms. The molecule has 0 saturated heterocycles. The quantitative estimate of drug-likeness (QED) is 0.598. The highest BCUT2D eigenvalue weighted by atomic mass is 16.5. The van der Waals surface area contributed by atoms with Crippen LogP contribution in [0.5, 0.6) is 0 Å². The van der Waals surface area contributed by atoms with E-state index in [2.05, 4.69) is 5.32 Å². The molecule has 70 valence electrons. The van der Waals surface area contributed by atoms with Crippen molar-refractivity contribution >= 4 is 5.97 Å². The van der Waals surface area contributed by atoms with Crippen LogP contribution in [0.1, 0.15) is 13.8 Å². The fraction of sp³-hybridized carbons (Fsp3) is 0.625. The van der Waals surface area contributed by atoms with Gasteiger partial charge in [0, 0.05) is 18.8 Å². The van der Waals surface area contributed by atoms with Crippen LogP contribution in [-0.2, 0) is 9.53 Å². The van der Waals surface area contributed by atoms with Crippen molar-refractivity contribution in [1.29, 1.82) is 0 Å². The van der Waals surface area contributed by atoms with E-state index < -0.39 is 5.97 Å². The van der Waals surface area contributed by atoms with E-state index >= 15 is 0 Å². The first-order valence-corrected chi connectivity index (χ1v) is 3.79. The second kappa shape index (κ2) is 5.60. The number of rotatable bonds is 5. The molecule has 0 aromatic carbocycles. The van der Waals surface area contributed by atoms with Crippen LogP contribution in [0, 0.1) is 0 Å². The van der Waals surface area contributed by atoms with Gasteiger partial charge in [-0.1, -0.05) is 0 Å². The lowest BCUT2D eigenvalue weighted by molar-refractivity contribution is -0.131. The Balaban J connectivity index is 3.91. The van der Waals surface area contributed by atoms with Gasteiger partial charge in [-0.15, -0.1) is 0 Å². The summed E-state index contributed by atoms with van der Waals surface area (Å²) in [5.41, 5.74) is 0.566. The zero-order valence-corrected chi connectivity index (χ0v) is 7.63. The van der Waals surface area contributed by atoms with Crippen LogP contribution in [0.4, 0.5) is 0 Å². The summed E-state index contributed by atoms with van der Waals surface area (Å²) in [6.45, 7) is 4.10. The summed E-state index contributed by atoms with van der Waals surface area (Å²) < 4.78 is 5.20. The van der Waals surface area contributed by atoms with Gasteiger partial charge in [-0.2, -0.15) is 0 Å². The zero-order valence-electron chi connectivity index (χ0n) is 7.63. The van der Waals surface area contributed by atoms with Gasteiger partial charge in [0.15, 0.2) is 0 Å². The van der Waals surface area contributed by atoms with E-state index in [4.69, 9.17) is 9.84 Å². The molecule has 0 unspecified atom stereocenters. The minimum atomic E-state index is -0.966. The van der Waals surface area contributed by atoms with Crippen molar-refractivity contribution < 1.29 is 14.6 Å². The van der Waals surface area contributed by atoms with Gasteiger partial charge < -0.3 is 15.2 Å². The molecular formula is C8H15NO3. The standard InChI is InChI=1S/C8H15NO3/c1-6(2)12-5-7(9-3)4-8(10)11/h4,6,9H,5H2,1-3H3,(H,10,11). The first-order chi connectivity index (χ1) is 5.56. The zero-order chi connectivity index (χ0) is 9.56. The van der Waals surface area contributed by atoms with Gasteiger partial charge in [-0.05, 0) is 13.8 Å². The number of likely N-dealkylation sites (N-methyl/N-ethyl adjacent to an activating group) is 1. The van der Waals surface area contributed by atoms with Crippen LogP contribution in [0.15, 0.2) is 11.8 Å². The fourth-order valence-corrected chi connectivity index (χ4v) is 0.591. The Hall–Kier alpha value is -1.03. The predicted octanol–water partition coefficient (Wildman–Crippen LogP) is 0.599. The maximum atomic E-state index is 10.2. The Labute approximate surface area is 72.2 Å². The lowest BCUT2D eigenvalue weighted by Gasteiger charge is -2.09. The maximum absolute atomic E-state index is 10.2. The first-order valence-electron chi connectivity index (χ1n) is 3.79. The Morgan fingerprint density at radius 1 is 1.67 bits per heavy atom. The van der Waals surface area contributed by atoms with Gasteiger partial charge >= 0.3 is 5.97 Å². The SMILES string of the molecule is CNC(=CC(=O)O)COC(C)C. The molecule has 0 aromatic heterocycles. The molecule has 0 aromatic rings. The summed E-state index contributed by atoms with van der Waals surface area (Å²) in [4.78, 5) is 10.2. The number of carbonyl (C=O) groups is 1. The van der Waals surface area contributed by atoms with Crippen LogP contribution in [0.3, 0.4) is 0 Å². The number of carboxylic acid groups (broad SMARTS) is 1. The molecule has 2 N–H and O–H groups in total. The van der Waals surface area contributed by atoms with Gasteiger partial charge in [-0.3, -0.25) is 0 Å². The first kappa shape index (κ1) is 11.0. The summed E-state index contributed by atoms with van der Waals surface area (Å²) >= 11 is 0. The highest BCUT2D eigenvalue weighted by Gasteiger charge is 1.99. The number of hydrogen-bond donors (Lipinski definition) is 2. The van der Waals surface area contributed by atoms with Crippen molar-refractivity contribution in [3.05, 3.63) is 11.8 Å². The lowest BCUT2D eigenvalue weighted by Crippen LogP contribution is -2.16.